The van der Waals surface area contributed by atoms with E-state index >= 15 is 0 Å². The lowest BCUT2D eigenvalue weighted by Crippen LogP contribution is -2.49. The fourth-order valence-corrected chi connectivity index (χ4v) is 3.75. The lowest BCUT2D eigenvalue weighted by molar-refractivity contribution is -0.166. The van der Waals surface area contributed by atoms with Gasteiger partial charge in [0.1, 0.15) is 11.8 Å². The van der Waals surface area contributed by atoms with Crippen LogP contribution in [0.3, 0.4) is 0 Å². The van der Waals surface area contributed by atoms with Crippen LogP contribution in [-0.4, -0.2) is 57.5 Å². The fraction of sp³-hybridized carbons (Fsp3) is 0.421. The van der Waals surface area contributed by atoms with Crippen LogP contribution in [0, 0.1) is 0 Å². The normalized spacial score (nSPS) is 22.2. The molecule has 2 atom stereocenters. The minimum absolute atomic E-state index is 0.151. The minimum atomic E-state index is -2.13. The van der Waals surface area contributed by atoms with Crippen molar-refractivity contribution in [2.45, 2.75) is 24.5 Å². The Labute approximate surface area is 161 Å². The standard InChI is InChI=1S/C19H21NO8/c1-25-13-7-9-5-10(16(21)26-2)6-11(9)14-15(13)20-12(17(22)27-3)8-19(14,24)18(23)28-4/h5,7,12,20,24H,6,8H2,1-4H3. The Balaban J connectivity index is 2.23. The van der Waals surface area contributed by atoms with Crippen LogP contribution in [0.2, 0.25) is 0 Å². The molecule has 0 radical (unpaired) electrons. The molecule has 2 unspecified atom stereocenters. The van der Waals surface area contributed by atoms with Gasteiger partial charge < -0.3 is 29.4 Å². The Bertz CT molecular complexity index is 890. The summed E-state index contributed by atoms with van der Waals surface area (Å²) >= 11 is 0. The Kier molecular flexibility index (Phi) is 5.03. The van der Waals surface area contributed by atoms with Crippen molar-refractivity contribution in [2.24, 2.45) is 0 Å². The second-order valence-corrected chi connectivity index (χ2v) is 6.51. The average Bonchev–Trinajstić information content (AvgIpc) is 3.14. The molecular formula is C19H21NO8. The summed E-state index contributed by atoms with van der Waals surface area (Å²) in [6.07, 6.45) is 1.47. The minimum Gasteiger partial charge on any atom is -0.495 e. The molecule has 28 heavy (non-hydrogen) atoms. The molecule has 150 valence electrons. The first-order valence-corrected chi connectivity index (χ1v) is 8.49. The number of rotatable bonds is 4. The second kappa shape index (κ2) is 7.16. The highest BCUT2D eigenvalue weighted by Crippen LogP contribution is 2.49. The van der Waals surface area contributed by atoms with Crippen molar-refractivity contribution in [1.29, 1.82) is 0 Å². The van der Waals surface area contributed by atoms with Gasteiger partial charge in [0.2, 0.25) is 0 Å². The van der Waals surface area contributed by atoms with Gasteiger partial charge in [-0.3, -0.25) is 0 Å². The highest BCUT2D eigenvalue weighted by atomic mass is 16.5. The number of hydrogen-bond acceptors (Lipinski definition) is 9. The van der Waals surface area contributed by atoms with Crippen LogP contribution in [0.4, 0.5) is 5.69 Å². The SMILES string of the molecule is COC(=O)C1=Cc2cc(OC)c3c(c2C1)C(O)(C(=O)OC)CC(C(=O)OC)N3. The molecule has 2 aliphatic rings. The lowest BCUT2D eigenvalue weighted by atomic mass is 9.78. The van der Waals surface area contributed by atoms with E-state index in [2.05, 4.69) is 5.32 Å². The van der Waals surface area contributed by atoms with Crippen LogP contribution in [0.5, 0.6) is 5.75 Å². The molecule has 1 aliphatic carbocycles. The number of anilines is 1. The van der Waals surface area contributed by atoms with Crippen LogP contribution in [0.1, 0.15) is 23.1 Å². The van der Waals surface area contributed by atoms with Crippen molar-refractivity contribution < 1.29 is 38.4 Å². The topological polar surface area (TPSA) is 120 Å². The molecule has 1 aromatic carbocycles. The summed E-state index contributed by atoms with van der Waals surface area (Å²) in [4.78, 5) is 36.7. The van der Waals surface area contributed by atoms with E-state index in [-0.39, 0.29) is 24.1 Å². The third-order valence-electron chi connectivity index (χ3n) is 5.04. The van der Waals surface area contributed by atoms with E-state index in [9.17, 15) is 19.5 Å². The van der Waals surface area contributed by atoms with Gasteiger partial charge in [-0.15, -0.1) is 0 Å². The average molecular weight is 391 g/mol. The highest BCUT2D eigenvalue weighted by molar-refractivity contribution is 5.99. The van der Waals surface area contributed by atoms with Gasteiger partial charge in [0, 0.05) is 24.0 Å². The van der Waals surface area contributed by atoms with Crippen molar-refractivity contribution in [2.75, 3.05) is 33.8 Å². The molecule has 0 saturated carbocycles. The molecule has 9 nitrogen and oxygen atoms in total. The quantitative estimate of drug-likeness (QED) is 0.559. The summed E-state index contributed by atoms with van der Waals surface area (Å²) in [5.74, 6) is -1.79. The smallest absolute Gasteiger partial charge is 0.342 e. The molecule has 1 aliphatic heterocycles. The maximum atomic E-state index is 12.6. The molecule has 0 bridgehead atoms. The van der Waals surface area contributed by atoms with Crippen molar-refractivity contribution in [3.05, 3.63) is 28.3 Å². The number of carbonyl (C=O) groups is 3. The van der Waals surface area contributed by atoms with E-state index < -0.39 is 29.6 Å². The number of esters is 3. The van der Waals surface area contributed by atoms with Crippen LogP contribution in [-0.2, 0) is 40.6 Å². The van der Waals surface area contributed by atoms with Gasteiger partial charge in [-0.2, -0.15) is 0 Å². The van der Waals surface area contributed by atoms with Crippen molar-refractivity contribution in [3.63, 3.8) is 0 Å². The number of fused-ring (bicyclic) bond motifs is 3. The highest BCUT2D eigenvalue weighted by Gasteiger charge is 2.51. The maximum absolute atomic E-state index is 12.6. The first-order valence-electron chi connectivity index (χ1n) is 8.49. The molecular weight excluding hydrogens is 370 g/mol. The Hall–Kier alpha value is -3.07. The van der Waals surface area contributed by atoms with Gasteiger partial charge in [-0.05, 0) is 23.3 Å². The molecule has 3 rings (SSSR count). The van der Waals surface area contributed by atoms with Gasteiger partial charge in [-0.25, -0.2) is 14.4 Å². The second-order valence-electron chi connectivity index (χ2n) is 6.51. The van der Waals surface area contributed by atoms with E-state index in [4.69, 9.17) is 18.9 Å². The zero-order chi connectivity index (χ0) is 20.6. The summed E-state index contributed by atoms with van der Waals surface area (Å²) in [5, 5.41) is 14.3. The molecule has 2 N–H and O–H groups in total. The first-order chi connectivity index (χ1) is 13.3. The molecule has 1 heterocycles. The van der Waals surface area contributed by atoms with Gasteiger partial charge in [0.15, 0.2) is 5.60 Å². The first kappa shape index (κ1) is 19.7. The zero-order valence-electron chi connectivity index (χ0n) is 16.0. The number of aliphatic hydroxyl groups is 1. The van der Waals surface area contributed by atoms with E-state index in [1.807, 2.05) is 0 Å². The molecule has 1 aromatic rings. The van der Waals surface area contributed by atoms with Gasteiger partial charge in [0.05, 0.1) is 34.1 Å². The number of benzene rings is 1. The molecule has 0 spiro atoms. The number of ether oxygens (including phenoxy) is 4. The summed E-state index contributed by atoms with van der Waals surface area (Å²) in [7, 11) is 5.05. The summed E-state index contributed by atoms with van der Waals surface area (Å²) in [6.45, 7) is 0. The van der Waals surface area contributed by atoms with Crippen molar-refractivity contribution in [1.82, 2.24) is 0 Å². The van der Waals surface area contributed by atoms with Crippen molar-refractivity contribution in [3.8, 4) is 5.75 Å². The fourth-order valence-electron chi connectivity index (χ4n) is 3.75. The largest absolute Gasteiger partial charge is 0.495 e. The van der Waals surface area contributed by atoms with Gasteiger partial charge >= 0.3 is 17.9 Å². The van der Waals surface area contributed by atoms with Crippen LogP contribution in [0.15, 0.2) is 11.6 Å². The Morgan fingerprint density at radius 1 is 1.14 bits per heavy atom. The van der Waals surface area contributed by atoms with E-state index in [1.54, 1.807) is 12.1 Å². The summed E-state index contributed by atoms with van der Waals surface area (Å²) < 4.78 is 19.8. The summed E-state index contributed by atoms with van der Waals surface area (Å²) in [5.41, 5.74) is -0.113. The van der Waals surface area contributed by atoms with Crippen molar-refractivity contribution >= 4 is 29.7 Å². The monoisotopic (exact) mass is 391 g/mol. The number of carbonyl (C=O) groups excluding carboxylic acids is 3. The van der Waals surface area contributed by atoms with Gasteiger partial charge in [0.25, 0.3) is 0 Å². The zero-order valence-corrected chi connectivity index (χ0v) is 16.0. The third kappa shape index (κ3) is 2.88. The number of nitrogens with one attached hydrogen (secondary N) is 1. The van der Waals surface area contributed by atoms with E-state index in [0.29, 0.717) is 22.4 Å². The lowest BCUT2D eigenvalue weighted by Gasteiger charge is -2.38. The summed E-state index contributed by atoms with van der Waals surface area (Å²) in [6, 6.07) is 0.664. The predicted molar refractivity (Wildman–Crippen MR) is 96.6 cm³/mol. The molecule has 0 saturated heterocycles. The molecule has 0 fully saturated rings. The van der Waals surface area contributed by atoms with E-state index in [1.165, 1.54) is 21.3 Å². The van der Waals surface area contributed by atoms with Crippen LogP contribution >= 0.6 is 0 Å². The van der Waals surface area contributed by atoms with Gasteiger partial charge in [-0.1, -0.05) is 0 Å². The van der Waals surface area contributed by atoms with Crippen LogP contribution < -0.4 is 10.1 Å². The molecule has 0 aromatic heterocycles. The number of methoxy groups -OCH3 is 4. The predicted octanol–water partition coefficient (Wildman–Crippen LogP) is 0.525. The molecule has 0 amide bonds. The Morgan fingerprint density at radius 2 is 1.86 bits per heavy atom. The Morgan fingerprint density at radius 3 is 2.43 bits per heavy atom. The van der Waals surface area contributed by atoms with E-state index in [0.717, 1.165) is 7.11 Å². The maximum Gasteiger partial charge on any atom is 0.342 e. The van der Waals surface area contributed by atoms with Crippen LogP contribution in [0.25, 0.3) is 6.08 Å². The molecule has 9 heteroatoms. The number of hydrogen-bond donors (Lipinski definition) is 2. The third-order valence-corrected chi connectivity index (χ3v) is 5.04.